The fraction of sp³-hybridized carbons (Fsp3) is 0.0476. The third-order valence-electron chi connectivity index (χ3n) is 5.00. The Kier molecular flexibility index (Phi) is 3.73. The maximum Gasteiger partial charge on any atom is 0.263 e. The van der Waals surface area contributed by atoms with Crippen LogP contribution in [0, 0.1) is 11.6 Å². The maximum absolute atomic E-state index is 14.3. The molecule has 2 amide bonds. The molecule has 0 unspecified atom stereocenters. The third-order valence-corrected chi connectivity index (χ3v) is 5.00. The van der Waals surface area contributed by atoms with Crippen molar-refractivity contribution in [3.63, 3.8) is 0 Å². The van der Waals surface area contributed by atoms with Crippen molar-refractivity contribution in [1.29, 1.82) is 0 Å². The molecule has 6 nitrogen and oxygen atoms in total. The van der Waals surface area contributed by atoms with Crippen molar-refractivity contribution in [1.82, 2.24) is 20.1 Å². The van der Waals surface area contributed by atoms with Crippen LogP contribution in [0.25, 0.3) is 22.2 Å². The summed E-state index contributed by atoms with van der Waals surface area (Å²) in [4.78, 5) is 31.0. The molecule has 0 spiro atoms. The molecule has 0 atom stereocenters. The Balaban J connectivity index is 1.57. The summed E-state index contributed by atoms with van der Waals surface area (Å²) in [6, 6.07) is 10.6. The van der Waals surface area contributed by atoms with Crippen molar-refractivity contribution in [3.8, 4) is 11.1 Å². The van der Waals surface area contributed by atoms with Crippen LogP contribution in [0.2, 0.25) is 0 Å². The number of aromatic amines is 1. The van der Waals surface area contributed by atoms with Gasteiger partial charge in [0.15, 0.2) is 17.3 Å². The zero-order chi connectivity index (χ0) is 20.1. The van der Waals surface area contributed by atoms with E-state index in [4.69, 9.17) is 0 Å². The summed E-state index contributed by atoms with van der Waals surface area (Å²) in [6.45, 7) is -0.0855. The Hall–Kier alpha value is -3.94. The lowest BCUT2D eigenvalue weighted by atomic mass is 9.98. The van der Waals surface area contributed by atoms with Crippen molar-refractivity contribution >= 4 is 22.8 Å². The number of amides is 2. The van der Waals surface area contributed by atoms with Gasteiger partial charge in [0.05, 0.1) is 29.3 Å². The van der Waals surface area contributed by atoms with Crippen LogP contribution >= 0.6 is 0 Å². The number of halogens is 2. The zero-order valence-electron chi connectivity index (χ0n) is 14.8. The molecule has 1 N–H and O–H groups in total. The Morgan fingerprint density at radius 1 is 0.897 bits per heavy atom. The maximum atomic E-state index is 14.3. The molecule has 3 heterocycles. The first kappa shape index (κ1) is 17.2. The minimum Gasteiger partial charge on any atom is -0.270 e. The van der Waals surface area contributed by atoms with Gasteiger partial charge in [0.25, 0.3) is 11.8 Å². The summed E-state index contributed by atoms with van der Waals surface area (Å²) < 4.78 is 28.1. The van der Waals surface area contributed by atoms with Crippen LogP contribution in [-0.2, 0) is 6.54 Å². The Morgan fingerprint density at radius 3 is 2.55 bits per heavy atom. The SMILES string of the molecule is O=C1c2cnc3[nH]ncc3c2C(=O)N1Cc1ccccc1-c1cccc(F)c1F. The molecule has 5 rings (SSSR count). The van der Waals surface area contributed by atoms with Crippen LogP contribution in [-0.4, -0.2) is 31.9 Å². The number of pyridine rings is 1. The molecule has 2 aromatic heterocycles. The fourth-order valence-corrected chi connectivity index (χ4v) is 3.61. The summed E-state index contributed by atoms with van der Waals surface area (Å²) in [7, 11) is 0. The molecule has 142 valence electrons. The summed E-state index contributed by atoms with van der Waals surface area (Å²) in [5.74, 6) is -2.92. The van der Waals surface area contributed by atoms with Gasteiger partial charge in [0.2, 0.25) is 0 Å². The Labute approximate surface area is 162 Å². The predicted molar refractivity (Wildman–Crippen MR) is 99.9 cm³/mol. The predicted octanol–water partition coefficient (Wildman–Crippen LogP) is 3.70. The summed E-state index contributed by atoms with van der Waals surface area (Å²) >= 11 is 0. The van der Waals surface area contributed by atoms with Crippen molar-refractivity contribution in [2.45, 2.75) is 6.54 Å². The molecule has 0 radical (unpaired) electrons. The number of nitrogens with zero attached hydrogens (tertiary/aromatic N) is 3. The van der Waals surface area contributed by atoms with Crippen LogP contribution in [0.5, 0.6) is 0 Å². The molecule has 4 aromatic rings. The molecule has 0 aliphatic carbocycles. The van der Waals surface area contributed by atoms with E-state index in [2.05, 4.69) is 15.2 Å². The van der Waals surface area contributed by atoms with Gasteiger partial charge in [-0.1, -0.05) is 36.4 Å². The van der Waals surface area contributed by atoms with E-state index in [0.29, 0.717) is 22.2 Å². The van der Waals surface area contributed by atoms with Gasteiger partial charge in [-0.3, -0.25) is 19.6 Å². The lowest BCUT2D eigenvalue weighted by Gasteiger charge is -2.17. The normalized spacial score (nSPS) is 13.4. The molecular formula is C21H12F2N4O2. The second-order valence-corrected chi connectivity index (χ2v) is 6.63. The number of hydrogen-bond donors (Lipinski definition) is 1. The van der Waals surface area contributed by atoms with Crippen molar-refractivity contribution in [2.24, 2.45) is 0 Å². The highest BCUT2D eigenvalue weighted by Crippen LogP contribution is 2.32. The molecule has 0 fully saturated rings. The Morgan fingerprint density at radius 2 is 1.69 bits per heavy atom. The molecule has 1 aliphatic rings. The topological polar surface area (TPSA) is 79.0 Å². The van der Waals surface area contributed by atoms with Crippen LogP contribution in [0.4, 0.5) is 8.78 Å². The molecular weight excluding hydrogens is 378 g/mol. The molecule has 29 heavy (non-hydrogen) atoms. The summed E-state index contributed by atoms with van der Waals surface area (Å²) in [5.41, 5.74) is 1.84. The third kappa shape index (κ3) is 2.53. The fourth-order valence-electron chi connectivity index (χ4n) is 3.61. The second kappa shape index (κ2) is 6.30. The zero-order valence-corrected chi connectivity index (χ0v) is 14.8. The standard InChI is InChI=1S/C21H12F2N4O2/c22-16-7-3-6-13(18(16)23)12-5-2-1-4-11(12)10-27-20(28)15-8-24-19-14(9-25-26-19)17(15)21(27)29/h1-9H,10H2,(H,24,25,26). The van der Waals surface area contributed by atoms with E-state index in [9.17, 15) is 18.4 Å². The number of carbonyl (C=O) groups is 2. The minimum absolute atomic E-state index is 0.0658. The number of imide groups is 1. The van der Waals surface area contributed by atoms with Crippen molar-refractivity contribution in [3.05, 3.63) is 83.2 Å². The van der Waals surface area contributed by atoms with Gasteiger partial charge < -0.3 is 0 Å². The van der Waals surface area contributed by atoms with Crippen LogP contribution in [0.3, 0.4) is 0 Å². The molecule has 1 aliphatic heterocycles. The first-order valence-corrected chi connectivity index (χ1v) is 8.77. The highest BCUT2D eigenvalue weighted by atomic mass is 19.2. The number of hydrogen-bond acceptors (Lipinski definition) is 4. The van der Waals surface area contributed by atoms with E-state index >= 15 is 0 Å². The number of carbonyl (C=O) groups excluding carboxylic acids is 2. The highest BCUT2D eigenvalue weighted by Gasteiger charge is 2.38. The van der Waals surface area contributed by atoms with E-state index in [-0.39, 0.29) is 23.2 Å². The number of rotatable bonds is 3. The molecule has 0 saturated carbocycles. The van der Waals surface area contributed by atoms with Crippen LogP contribution in [0.1, 0.15) is 26.3 Å². The summed E-state index contributed by atoms with van der Waals surface area (Å²) in [6.07, 6.45) is 2.79. The minimum atomic E-state index is -0.980. The average molecular weight is 390 g/mol. The number of aromatic nitrogens is 3. The lowest BCUT2D eigenvalue weighted by Crippen LogP contribution is -2.29. The molecule has 0 bridgehead atoms. The van der Waals surface area contributed by atoms with Crippen molar-refractivity contribution in [2.75, 3.05) is 0 Å². The lowest BCUT2D eigenvalue weighted by molar-refractivity contribution is 0.0643. The first-order valence-electron chi connectivity index (χ1n) is 8.77. The first-order chi connectivity index (χ1) is 14.1. The van der Waals surface area contributed by atoms with Gasteiger partial charge >= 0.3 is 0 Å². The van der Waals surface area contributed by atoms with Crippen molar-refractivity contribution < 1.29 is 18.4 Å². The van der Waals surface area contributed by atoms with E-state index in [0.717, 1.165) is 11.0 Å². The van der Waals surface area contributed by atoms with Gasteiger partial charge in [0.1, 0.15) is 0 Å². The van der Waals surface area contributed by atoms with Gasteiger partial charge in [-0.05, 0) is 17.2 Å². The average Bonchev–Trinajstić information content (AvgIpc) is 3.29. The van der Waals surface area contributed by atoms with Gasteiger partial charge in [-0.2, -0.15) is 5.10 Å². The molecule has 2 aromatic carbocycles. The van der Waals surface area contributed by atoms with Gasteiger partial charge in [-0.25, -0.2) is 13.8 Å². The number of benzene rings is 2. The number of H-pyrrole nitrogens is 1. The van der Waals surface area contributed by atoms with Crippen LogP contribution < -0.4 is 0 Å². The van der Waals surface area contributed by atoms with E-state index in [1.807, 2.05) is 0 Å². The Bertz CT molecular complexity index is 1320. The van der Waals surface area contributed by atoms with Gasteiger partial charge in [-0.15, -0.1) is 0 Å². The van der Waals surface area contributed by atoms with E-state index in [1.165, 1.54) is 24.5 Å². The highest BCUT2D eigenvalue weighted by molar-refractivity contribution is 6.25. The monoisotopic (exact) mass is 390 g/mol. The quantitative estimate of drug-likeness (QED) is 0.541. The summed E-state index contributed by atoms with van der Waals surface area (Å²) in [5, 5.41) is 7.01. The number of nitrogens with one attached hydrogen (secondary N) is 1. The van der Waals surface area contributed by atoms with E-state index in [1.54, 1.807) is 24.3 Å². The smallest absolute Gasteiger partial charge is 0.263 e. The van der Waals surface area contributed by atoms with E-state index < -0.39 is 23.4 Å². The van der Waals surface area contributed by atoms with Crippen LogP contribution in [0.15, 0.2) is 54.9 Å². The number of fused-ring (bicyclic) bond motifs is 3. The largest absolute Gasteiger partial charge is 0.270 e. The second-order valence-electron chi connectivity index (χ2n) is 6.63. The molecule has 0 saturated heterocycles. The van der Waals surface area contributed by atoms with Gasteiger partial charge in [0, 0.05) is 11.8 Å². The molecule has 8 heteroatoms.